The van der Waals surface area contributed by atoms with E-state index >= 15 is 0 Å². The Morgan fingerprint density at radius 1 is 0.952 bits per heavy atom. The van der Waals surface area contributed by atoms with Crippen LogP contribution >= 0.6 is 23.2 Å². The summed E-state index contributed by atoms with van der Waals surface area (Å²) in [6.45, 7) is 2.05. The minimum Gasteiger partial charge on any atom is -0.384 e. The smallest absolute Gasteiger partial charge is 0.127 e. The maximum Gasteiger partial charge on any atom is 0.127 e. The highest BCUT2D eigenvalue weighted by atomic mass is 35.5. The number of rotatable bonds is 2. The van der Waals surface area contributed by atoms with E-state index in [1.807, 2.05) is 43.3 Å². The summed E-state index contributed by atoms with van der Waals surface area (Å²) in [7, 11) is 0. The Balaban J connectivity index is 2.05. The van der Waals surface area contributed by atoms with E-state index in [1.165, 1.54) is 5.56 Å². The minimum absolute atomic E-state index is 0.473. The van der Waals surface area contributed by atoms with Crippen LogP contribution in [-0.4, -0.2) is 9.78 Å². The fourth-order valence-electron chi connectivity index (χ4n) is 2.08. The number of anilines is 1. The molecule has 0 aliphatic heterocycles. The summed E-state index contributed by atoms with van der Waals surface area (Å²) in [6, 6.07) is 15.3. The van der Waals surface area contributed by atoms with E-state index in [9.17, 15) is 0 Å². The number of aryl methyl sites for hydroxylation is 1. The van der Waals surface area contributed by atoms with E-state index in [-0.39, 0.29) is 0 Å². The van der Waals surface area contributed by atoms with Gasteiger partial charge in [-0.05, 0) is 25.1 Å². The Kier molecular flexibility index (Phi) is 3.62. The van der Waals surface area contributed by atoms with Crippen LogP contribution in [0.2, 0.25) is 10.0 Å². The summed E-state index contributed by atoms with van der Waals surface area (Å²) in [4.78, 5) is 0. The Morgan fingerprint density at radius 2 is 1.67 bits per heavy atom. The van der Waals surface area contributed by atoms with Crippen LogP contribution < -0.4 is 5.73 Å². The van der Waals surface area contributed by atoms with Gasteiger partial charge in [-0.2, -0.15) is 5.10 Å². The van der Waals surface area contributed by atoms with Crippen LogP contribution in [0.1, 0.15) is 5.56 Å². The van der Waals surface area contributed by atoms with Crippen molar-refractivity contribution in [1.82, 2.24) is 9.78 Å². The molecule has 0 unspecified atom stereocenters. The first-order valence-electron chi connectivity index (χ1n) is 6.42. The molecule has 21 heavy (non-hydrogen) atoms. The van der Waals surface area contributed by atoms with Crippen molar-refractivity contribution < 1.29 is 0 Å². The average molecular weight is 318 g/mol. The molecule has 0 bridgehead atoms. The van der Waals surface area contributed by atoms with Gasteiger partial charge in [0.15, 0.2) is 0 Å². The normalized spacial score (nSPS) is 10.8. The lowest BCUT2D eigenvalue weighted by atomic mass is 10.1. The van der Waals surface area contributed by atoms with Gasteiger partial charge in [0.25, 0.3) is 0 Å². The van der Waals surface area contributed by atoms with Crippen molar-refractivity contribution in [2.75, 3.05) is 5.73 Å². The Bertz CT molecular complexity index is 792. The highest BCUT2D eigenvalue weighted by Gasteiger charge is 2.10. The number of nitrogens with zero attached hydrogens (tertiary/aromatic N) is 2. The summed E-state index contributed by atoms with van der Waals surface area (Å²) in [5, 5.41) is 5.52. The van der Waals surface area contributed by atoms with Crippen LogP contribution in [0.25, 0.3) is 16.9 Å². The first-order valence-corrected chi connectivity index (χ1v) is 7.18. The fraction of sp³-hybridized carbons (Fsp3) is 0.0625. The van der Waals surface area contributed by atoms with Gasteiger partial charge in [-0.3, -0.25) is 0 Å². The fourth-order valence-corrected chi connectivity index (χ4v) is 2.38. The maximum absolute atomic E-state index is 6.05. The van der Waals surface area contributed by atoms with Gasteiger partial charge in [0, 0.05) is 11.6 Å². The molecule has 106 valence electrons. The Morgan fingerprint density at radius 3 is 2.33 bits per heavy atom. The second-order valence-corrected chi connectivity index (χ2v) is 5.65. The molecule has 0 amide bonds. The van der Waals surface area contributed by atoms with Crippen LogP contribution in [0.3, 0.4) is 0 Å². The van der Waals surface area contributed by atoms with Crippen LogP contribution in [0.15, 0.2) is 48.5 Å². The molecule has 2 N–H and O–H groups in total. The van der Waals surface area contributed by atoms with Gasteiger partial charge in [-0.25, -0.2) is 4.68 Å². The van der Waals surface area contributed by atoms with Crippen molar-refractivity contribution in [3.05, 3.63) is 64.1 Å². The summed E-state index contributed by atoms with van der Waals surface area (Å²) in [5.41, 5.74) is 9.87. The molecule has 0 saturated carbocycles. The number of benzene rings is 2. The topological polar surface area (TPSA) is 43.8 Å². The first kappa shape index (κ1) is 14.0. The van der Waals surface area contributed by atoms with E-state index in [4.69, 9.17) is 28.9 Å². The molecular formula is C16H13Cl2N3. The van der Waals surface area contributed by atoms with Crippen molar-refractivity contribution in [3.8, 4) is 16.9 Å². The van der Waals surface area contributed by atoms with Gasteiger partial charge >= 0.3 is 0 Å². The highest BCUT2D eigenvalue weighted by molar-refractivity contribution is 6.42. The average Bonchev–Trinajstić information content (AvgIpc) is 2.85. The van der Waals surface area contributed by atoms with Crippen LogP contribution in [0.4, 0.5) is 5.82 Å². The number of nitrogens with two attached hydrogens (primary N) is 1. The Labute approximate surface area is 132 Å². The van der Waals surface area contributed by atoms with Crippen molar-refractivity contribution in [3.63, 3.8) is 0 Å². The van der Waals surface area contributed by atoms with Crippen LogP contribution in [0.5, 0.6) is 0 Å². The van der Waals surface area contributed by atoms with E-state index < -0.39 is 0 Å². The number of halogens is 2. The van der Waals surface area contributed by atoms with E-state index in [2.05, 4.69) is 5.10 Å². The second kappa shape index (κ2) is 5.43. The monoisotopic (exact) mass is 317 g/mol. The SMILES string of the molecule is Cc1ccc(-c2cc(N)n(-c3ccc(Cl)c(Cl)c3)n2)cc1. The maximum atomic E-state index is 6.05. The molecule has 0 aliphatic carbocycles. The van der Waals surface area contributed by atoms with E-state index in [1.54, 1.807) is 16.8 Å². The van der Waals surface area contributed by atoms with Crippen molar-refractivity contribution in [2.24, 2.45) is 0 Å². The molecule has 1 aromatic heterocycles. The van der Waals surface area contributed by atoms with E-state index in [0.29, 0.717) is 15.9 Å². The van der Waals surface area contributed by atoms with Gasteiger partial charge in [0.05, 0.1) is 21.4 Å². The molecule has 0 aliphatic rings. The summed E-state index contributed by atoms with van der Waals surface area (Å²) < 4.78 is 1.65. The zero-order valence-corrected chi connectivity index (χ0v) is 12.9. The van der Waals surface area contributed by atoms with Crippen molar-refractivity contribution in [1.29, 1.82) is 0 Å². The molecule has 0 saturated heterocycles. The predicted molar refractivity (Wildman–Crippen MR) is 88.2 cm³/mol. The third kappa shape index (κ3) is 2.75. The molecule has 0 spiro atoms. The van der Waals surface area contributed by atoms with Crippen molar-refractivity contribution in [2.45, 2.75) is 6.92 Å². The molecule has 2 aromatic carbocycles. The largest absolute Gasteiger partial charge is 0.384 e. The van der Waals surface area contributed by atoms with Crippen LogP contribution in [-0.2, 0) is 0 Å². The molecule has 5 heteroatoms. The van der Waals surface area contributed by atoms with Crippen molar-refractivity contribution >= 4 is 29.0 Å². The molecule has 0 radical (unpaired) electrons. The number of hydrogen-bond donors (Lipinski definition) is 1. The second-order valence-electron chi connectivity index (χ2n) is 4.83. The quantitative estimate of drug-likeness (QED) is 0.742. The van der Waals surface area contributed by atoms with Gasteiger partial charge in [0.2, 0.25) is 0 Å². The number of hydrogen-bond acceptors (Lipinski definition) is 2. The number of aromatic nitrogens is 2. The molecule has 0 fully saturated rings. The lowest BCUT2D eigenvalue weighted by Crippen LogP contribution is -2.01. The predicted octanol–water partition coefficient (Wildman–Crippen LogP) is 4.74. The van der Waals surface area contributed by atoms with Gasteiger partial charge < -0.3 is 5.73 Å². The summed E-state index contributed by atoms with van der Waals surface area (Å²) in [5.74, 6) is 0.545. The van der Waals surface area contributed by atoms with Gasteiger partial charge in [-0.15, -0.1) is 0 Å². The minimum atomic E-state index is 0.473. The van der Waals surface area contributed by atoms with E-state index in [0.717, 1.165) is 16.9 Å². The molecular weight excluding hydrogens is 305 g/mol. The van der Waals surface area contributed by atoms with Gasteiger partial charge in [-0.1, -0.05) is 53.0 Å². The first-order chi connectivity index (χ1) is 10.0. The summed E-state index contributed by atoms with van der Waals surface area (Å²) >= 11 is 12.0. The van der Waals surface area contributed by atoms with Gasteiger partial charge in [0.1, 0.15) is 5.82 Å². The zero-order chi connectivity index (χ0) is 15.0. The molecule has 1 heterocycles. The van der Waals surface area contributed by atoms with Crippen LogP contribution in [0, 0.1) is 6.92 Å². The molecule has 3 nitrogen and oxygen atoms in total. The zero-order valence-electron chi connectivity index (χ0n) is 11.3. The molecule has 0 atom stereocenters. The third-order valence-corrected chi connectivity index (χ3v) is 3.97. The molecule has 3 rings (SSSR count). The number of nitrogen functional groups attached to an aromatic ring is 1. The molecule has 3 aromatic rings. The lowest BCUT2D eigenvalue weighted by Gasteiger charge is -2.05. The lowest BCUT2D eigenvalue weighted by molar-refractivity contribution is 0.895. The standard InChI is InChI=1S/C16H13Cl2N3/c1-10-2-4-11(5-3-10)15-9-16(19)21(20-15)12-6-7-13(17)14(18)8-12/h2-9H,19H2,1H3. The Hall–Kier alpha value is -1.97. The highest BCUT2D eigenvalue weighted by Crippen LogP contribution is 2.27. The third-order valence-electron chi connectivity index (χ3n) is 3.23. The summed E-state index contributed by atoms with van der Waals surface area (Å²) in [6.07, 6.45) is 0.